The summed E-state index contributed by atoms with van der Waals surface area (Å²) >= 11 is 0. The molecular weight excluding hydrogens is 199 g/mol. The first-order valence-electron chi connectivity index (χ1n) is 4.64. The van der Waals surface area contributed by atoms with Gasteiger partial charge >= 0.3 is 5.97 Å². The van der Waals surface area contributed by atoms with Gasteiger partial charge in [-0.1, -0.05) is 12.1 Å². The Bertz CT molecular complexity index is 347. The quantitative estimate of drug-likeness (QED) is 0.831. The van der Waals surface area contributed by atoms with Crippen LogP contribution < -0.4 is 0 Å². The van der Waals surface area contributed by atoms with Gasteiger partial charge in [-0.25, -0.2) is 9.18 Å². The van der Waals surface area contributed by atoms with Gasteiger partial charge in [-0.3, -0.25) is 0 Å². The number of halogens is 1. The van der Waals surface area contributed by atoms with E-state index in [9.17, 15) is 9.18 Å². The number of carbonyl (C=O) groups is 1. The van der Waals surface area contributed by atoms with Gasteiger partial charge in [0.15, 0.2) is 5.60 Å². The monoisotopic (exact) mass is 212 g/mol. The molecular formula is C11H13FO3. The molecule has 0 aliphatic rings. The zero-order valence-electron chi connectivity index (χ0n) is 8.66. The predicted octanol–water partition coefficient (Wildman–Crippen LogP) is 2.16. The molecule has 15 heavy (non-hydrogen) atoms. The Morgan fingerprint density at radius 2 is 2.00 bits per heavy atom. The summed E-state index contributed by atoms with van der Waals surface area (Å²) in [6, 6.07) is 5.27. The van der Waals surface area contributed by atoms with Gasteiger partial charge in [0.1, 0.15) is 5.82 Å². The average Bonchev–Trinajstić information content (AvgIpc) is 2.18. The van der Waals surface area contributed by atoms with Crippen molar-refractivity contribution in [2.24, 2.45) is 0 Å². The van der Waals surface area contributed by atoms with E-state index in [2.05, 4.69) is 0 Å². The summed E-state index contributed by atoms with van der Waals surface area (Å²) in [5.74, 6) is -1.49. The zero-order chi connectivity index (χ0) is 11.5. The maximum absolute atomic E-state index is 12.7. The lowest BCUT2D eigenvalue weighted by molar-refractivity contribution is -0.164. The highest BCUT2D eigenvalue weighted by atomic mass is 19.1. The second kappa shape index (κ2) is 4.40. The standard InChI is InChI=1S/C11H13FO3/c1-3-15-11(2,10(13)14)8-4-6-9(12)7-5-8/h4-7H,3H2,1-2H3,(H,13,14). The Hall–Kier alpha value is -1.42. The van der Waals surface area contributed by atoms with E-state index in [0.717, 1.165) is 0 Å². The third-order valence-corrected chi connectivity index (χ3v) is 2.24. The molecule has 0 saturated heterocycles. The van der Waals surface area contributed by atoms with Crippen LogP contribution in [0.15, 0.2) is 24.3 Å². The molecule has 1 rings (SSSR count). The minimum atomic E-state index is -1.41. The summed E-state index contributed by atoms with van der Waals surface area (Å²) in [5, 5.41) is 9.07. The van der Waals surface area contributed by atoms with E-state index in [-0.39, 0.29) is 6.61 Å². The SMILES string of the molecule is CCOC(C)(C(=O)O)c1ccc(F)cc1. The highest BCUT2D eigenvalue weighted by molar-refractivity contribution is 5.78. The van der Waals surface area contributed by atoms with E-state index in [1.807, 2.05) is 0 Å². The van der Waals surface area contributed by atoms with Gasteiger partial charge in [-0.2, -0.15) is 0 Å². The van der Waals surface area contributed by atoms with Crippen LogP contribution in [0.4, 0.5) is 4.39 Å². The first-order valence-corrected chi connectivity index (χ1v) is 4.64. The molecule has 3 nitrogen and oxygen atoms in total. The van der Waals surface area contributed by atoms with Crippen molar-refractivity contribution in [2.75, 3.05) is 6.61 Å². The molecule has 0 spiro atoms. The van der Waals surface area contributed by atoms with Crippen molar-refractivity contribution in [3.05, 3.63) is 35.6 Å². The molecule has 1 unspecified atom stereocenters. The van der Waals surface area contributed by atoms with Crippen LogP contribution in [-0.2, 0) is 15.1 Å². The van der Waals surface area contributed by atoms with Crippen molar-refractivity contribution < 1.29 is 19.0 Å². The molecule has 82 valence electrons. The van der Waals surface area contributed by atoms with Crippen LogP contribution in [0.5, 0.6) is 0 Å². The third kappa shape index (κ3) is 2.33. The van der Waals surface area contributed by atoms with Gasteiger partial charge in [0.25, 0.3) is 0 Å². The number of benzene rings is 1. The molecule has 0 fully saturated rings. The molecule has 0 aromatic heterocycles. The Labute approximate surface area is 87.5 Å². The lowest BCUT2D eigenvalue weighted by Gasteiger charge is -2.25. The average molecular weight is 212 g/mol. The molecule has 0 bridgehead atoms. The largest absolute Gasteiger partial charge is 0.479 e. The van der Waals surface area contributed by atoms with Crippen LogP contribution in [0.1, 0.15) is 19.4 Å². The number of carboxylic acid groups (broad SMARTS) is 1. The Kier molecular flexibility index (Phi) is 3.42. The van der Waals surface area contributed by atoms with Crippen LogP contribution in [0.2, 0.25) is 0 Å². The normalized spacial score (nSPS) is 14.6. The van der Waals surface area contributed by atoms with E-state index in [1.165, 1.54) is 31.2 Å². The third-order valence-electron chi connectivity index (χ3n) is 2.24. The number of ether oxygens (including phenoxy) is 1. The molecule has 1 atom stereocenters. The highest BCUT2D eigenvalue weighted by Crippen LogP contribution is 2.25. The highest BCUT2D eigenvalue weighted by Gasteiger charge is 2.35. The second-order valence-corrected chi connectivity index (χ2v) is 3.28. The van der Waals surface area contributed by atoms with Gasteiger partial charge < -0.3 is 9.84 Å². The van der Waals surface area contributed by atoms with Crippen LogP contribution in [0.25, 0.3) is 0 Å². The van der Waals surface area contributed by atoms with Crippen LogP contribution in [-0.4, -0.2) is 17.7 Å². The van der Waals surface area contributed by atoms with Crippen LogP contribution in [0.3, 0.4) is 0 Å². The molecule has 0 heterocycles. The van der Waals surface area contributed by atoms with E-state index in [1.54, 1.807) is 6.92 Å². The van der Waals surface area contributed by atoms with E-state index < -0.39 is 17.4 Å². The summed E-state index contributed by atoms with van der Waals surface area (Å²) in [5.41, 5.74) is -0.985. The molecule has 0 amide bonds. The number of hydrogen-bond donors (Lipinski definition) is 1. The molecule has 0 aliphatic carbocycles. The van der Waals surface area contributed by atoms with E-state index in [0.29, 0.717) is 5.56 Å². The Morgan fingerprint density at radius 1 is 1.47 bits per heavy atom. The summed E-state index contributed by atoms with van der Waals surface area (Å²) in [4.78, 5) is 11.1. The van der Waals surface area contributed by atoms with E-state index >= 15 is 0 Å². The summed E-state index contributed by atoms with van der Waals surface area (Å²) < 4.78 is 17.9. The van der Waals surface area contributed by atoms with E-state index in [4.69, 9.17) is 9.84 Å². The van der Waals surface area contributed by atoms with Gasteiger partial charge in [0.05, 0.1) is 0 Å². The first kappa shape index (κ1) is 11.7. The molecule has 1 aromatic carbocycles. The fourth-order valence-corrected chi connectivity index (χ4v) is 1.33. The van der Waals surface area contributed by atoms with Gasteiger partial charge in [0, 0.05) is 6.61 Å². The fourth-order valence-electron chi connectivity index (χ4n) is 1.33. The van der Waals surface area contributed by atoms with Crippen molar-refractivity contribution in [3.8, 4) is 0 Å². The fraction of sp³-hybridized carbons (Fsp3) is 0.364. The second-order valence-electron chi connectivity index (χ2n) is 3.28. The van der Waals surface area contributed by atoms with Crippen molar-refractivity contribution in [3.63, 3.8) is 0 Å². The predicted molar refractivity (Wildman–Crippen MR) is 53.0 cm³/mol. The van der Waals surface area contributed by atoms with Crippen molar-refractivity contribution in [2.45, 2.75) is 19.4 Å². The maximum atomic E-state index is 12.7. The number of rotatable bonds is 4. The molecule has 0 radical (unpaired) electrons. The van der Waals surface area contributed by atoms with Crippen molar-refractivity contribution in [1.82, 2.24) is 0 Å². The smallest absolute Gasteiger partial charge is 0.340 e. The lowest BCUT2D eigenvalue weighted by atomic mass is 9.96. The molecule has 1 aromatic rings. The van der Waals surface area contributed by atoms with Crippen LogP contribution >= 0.6 is 0 Å². The van der Waals surface area contributed by atoms with Gasteiger partial charge in [0.2, 0.25) is 0 Å². The zero-order valence-corrected chi connectivity index (χ0v) is 8.66. The van der Waals surface area contributed by atoms with Crippen molar-refractivity contribution >= 4 is 5.97 Å². The number of hydrogen-bond acceptors (Lipinski definition) is 2. The molecule has 4 heteroatoms. The van der Waals surface area contributed by atoms with Gasteiger partial charge in [-0.15, -0.1) is 0 Å². The van der Waals surface area contributed by atoms with Crippen LogP contribution in [0, 0.1) is 5.82 Å². The topological polar surface area (TPSA) is 46.5 Å². The molecule has 1 N–H and O–H groups in total. The van der Waals surface area contributed by atoms with Crippen molar-refractivity contribution in [1.29, 1.82) is 0 Å². The van der Waals surface area contributed by atoms with Gasteiger partial charge in [-0.05, 0) is 31.5 Å². The minimum Gasteiger partial charge on any atom is -0.479 e. The summed E-state index contributed by atoms with van der Waals surface area (Å²) in [6.07, 6.45) is 0. The minimum absolute atomic E-state index is 0.278. The molecule has 0 saturated carbocycles. The summed E-state index contributed by atoms with van der Waals surface area (Å²) in [7, 11) is 0. The first-order chi connectivity index (χ1) is 7.00. The number of carboxylic acids is 1. The Balaban J connectivity index is 3.09. The Morgan fingerprint density at radius 3 is 2.40 bits per heavy atom. The number of aliphatic carboxylic acids is 1. The molecule has 0 aliphatic heterocycles. The summed E-state index contributed by atoms with van der Waals surface area (Å²) in [6.45, 7) is 3.44. The lowest BCUT2D eigenvalue weighted by Crippen LogP contribution is -2.35. The maximum Gasteiger partial charge on any atom is 0.340 e.